The van der Waals surface area contributed by atoms with Crippen LogP contribution in [0.5, 0.6) is 0 Å². The number of carbonyl (C=O) groups is 1. The van der Waals surface area contributed by atoms with Crippen LogP contribution in [0.3, 0.4) is 0 Å². The topological polar surface area (TPSA) is 70.3 Å². The predicted octanol–water partition coefficient (Wildman–Crippen LogP) is 2.13. The Labute approximate surface area is 120 Å². The molecule has 3 aromatic rings. The summed E-state index contributed by atoms with van der Waals surface area (Å²) in [4.78, 5) is 23.2. The van der Waals surface area contributed by atoms with Gasteiger partial charge in [0.15, 0.2) is 5.76 Å². The van der Waals surface area contributed by atoms with Crippen LogP contribution >= 0.6 is 0 Å². The van der Waals surface area contributed by atoms with Gasteiger partial charge in [-0.25, -0.2) is 4.79 Å². The average molecular weight is 279 g/mol. The second kappa shape index (κ2) is 4.90. The molecule has 2 aromatic carbocycles. The highest BCUT2D eigenvalue weighted by molar-refractivity contribution is 6.04. The zero-order valence-electron chi connectivity index (χ0n) is 11.3. The van der Waals surface area contributed by atoms with Gasteiger partial charge in [-0.15, -0.1) is 0 Å². The van der Waals surface area contributed by atoms with Crippen molar-refractivity contribution in [2.45, 2.75) is 6.92 Å². The minimum atomic E-state index is -1.51. The zero-order valence-corrected chi connectivity index (χ0v) is 11.3. The van der Waals surface area contributed by atoms with E-state index < -0.39 is 17.4 Å². The monoisotopic (exact) mass is 279 g/mol. The van der Waals surface area contributed by atoms with Gasteiger partial charge in [0.05, 0.1) is 5.39 Å². The fraction of sp³-hybridized carbons (Fsp3) is 0.0588. The van der Waals surface area contributed by atoms with Gasteiger partial charge in [-0.05, 0) is 18.6 Å². The van der Waals surface area contributed by atoms with E-state index in [0.29, 0.717) is 21.9 Å². The van der Waals surface area contributed by atoms with E-state index in [9.17, 15) is 14.7 Å². The van der Waals surface area contributed by atoms with E-state index in [1.54, 1.807) is 36.4 Å². The van der Waals surface area contributed by atoms with Gasteiger partial charge in [0.25, 0.3) is 0 Å². The van der Waals surface area contributed by atoms with Crippen LogP contribution in [0.1, 0.15) is 16.1 Å². The van der Waals surface area contributed by atoms with Crippen LogP contribution in [-0.2, 0) is 0 Å². The molecule has 0 bridgehead atoms. The number of rotatable bonds is 2. The summed E-state index contributed by atoms with van der Waals surface area (Å²) >= 11 is 0. The molecule has 0 spiro atoms. The van der Waals surface area contributed by atoms with Gasteiger partial charge in [-0.1, -0.05) is 48.0 Å². The first kappa shape index (κ1) is 13.1. The maximum absolute atomic E-state index is 11.9. The Kier molecular flexibility index (Phi) is 3.06. The molecule has 4 heteroatoms. The number of hydrogen-bond acceptors (Lipinski definition) is 4. The average Bonchev–Trinajstić information content (AvgIpc) is 2.48. The summed E-state index contributed by atoms with van der Waals surface area (Å²) in [6, 6.07) is 14.1. The van der Waals surface area contributed by atoms with Gasteiger partial charge in [0, 0.05) is 10.9 Å². The first-order valence-electron chi connectivity index (χ1n) is 6.42. The van der Waals surface area contributed by atoms with E-state index in [0.717, 1.165) is 5.56 Å². The molecule has 1 aromatic heterocycles. The van der Waals surface area contributed by atoms with Crippen molar-refractivity contribution < 1.29 is 14.3 Å². The molecule has 4 nitrogen and oxygen atoms in total. The van der Waals surface area contributed by atoms with Crippen molar-refractivity contribution in [1.29, 1.82) is 0 Å². The lowest BCUT2D eigenvalue weighted by Crippen LogP contribution is -2.25. The van der Waals surface area contributed by atoms with Crippen molar-refractivity contribution in [1.82, 2.24) is 0 Å². The van der Waals surface area contributed by atoms with E-state index >= 15 is 0 Å². The van der Waals surface area contributed by atoms with E-state index in [1.807, 2.05) is 19.1 Å². The van der Waals surface area contributed by atoms with Crippen molar-refractivity contribution in [3.8, 4) is 11.1 Å². The van der Waals surface area contributed by atoms with Gasteiger partial charge >= 0.3 is 5.63 Å². The number of aromatic carboxylic acids is 1. The highest BCUT2D eigenvalue weighted by Crippen LogP contribution is 2.30. The highest BCUT2D eigenvalue weighted by atomic mass is 16.4. The molecule has 0 amide bonds. The second-order valence-electron chi connectivity index (χ2n) is 4.79. The number of carboxylic acid groups (broad SMARTS) is 1. The predicted molar refractivity (Wildman–Crippen MR) is 77.0 cm³/mol. The molecule has 104 valence electrons. The fourth-order valence-corrected chi connectivity index (χ4v) is 2.35. The Morgan fingerprint density at radius 1 is 1.00 bits per heavy atom. The Balaban J connectivity index is 2.46. The number of aryl methyl sites for hydroxylation is 1. The minimum absolute atomic E-state index is 0.345. The molecule has 0 atom stereocenters. The first-order valence-corrected chi connectivity index (χ1v) is 6.42. The Hall–Kier alpha value is -2.88. The molecule has 0 aliphatic carbocycles. The lowest BCUT2D eigenvalue weighted by molar-refractivity contribution is -0.257. The summed E-state index contributed by atoms with van der Waals surface area (Å²) in [5.74, 6) is -1.95. The van der Waals surface area contributed by atoms with Crippen LogP contribution in [-0.4, -0.2) is 5.97 Å². The normalized spacial score (nSPS) is 10.7. The third kappa shape index (κ3) is 2.21. The lowest BCUT2D eigenvalue weighted by atomic mass is 9.97. The van der Waals surface area contributed by atoms with Gasteiger partial charge < -0.3 is 14.3 Å². The molecule has 0 saturated carbocycles. The number of carboxylic acids is 1. The largest absolute Gasteiger partial charge is 0.542 e. The van der Waals surface area contributed by atoms with E-state index in [-0.39, 0.29) is 0 Å². The first-order chi connectivity index (χ1) is 10.1. The summed E-state index contributed by atoms with van der Waals surface area (Å²) in [6.07, 6.45) is 0. The third-order valence-electron chi connectivity index (χ3n) is 3.36. The molecule has 1 heterocycles. The summed E-state index contributed by atoms with van der Waals surface area (Å²) in [5, 5.41) is 12.2. The summed E-state index contributed by atoms with van der Waals surface area (Å²) < 4.78 is 4.95. The molecule has 0 unspecified atom stereocenters. The summed E-state index contributed by atoms with van der Waals surface area (Å²) in [5.41, 5.74) is 1.40. The second-order valence-corrected chi connectivity index (χ2v) is 4.79. The molecule has 3 rings (SSSR count). The smallest absolute Gasteiger partial charge is 0.344 e. The van der Waals surface area contributed by atoms with Crippen LogP contribution in [0.2, 0.25) is 0 Å². The number of fused-ring (bicyclic) bond motifs is 1. The summed E-state index contributed by atoms with van der Waals surface area (Å²) in [6.45, 7) is 1.94. The van der Waals surface area contributed by atoms with Crippen LogP contribution in [0.4, 0.5) is 0 Å². The van der Waals surface area contributed by atoms with E-state index in [2.05, 4.69) is 0 Å². The minimum Gasteiger partial charge on any atom is -0.542 e. The van der Waals surface area contributed by atoms with Gasteiger partial charge in [-0.2, -0.15) is 0 Å². The maximum atomic E-state index is 11.9. The van der Waals surface area contributed by atoms with Gasteiger partial charge in [-0.3, -0.25) is 0 Å². The van der Waals surface area contributed by atoms with E-state index in [4.69, 9.17) is 4.42 Å². The molecule has 0 radical (unpaired) electrons. The Morgan fingerprint density at radius 2 is 1.62 bits per heavy atom. The molecule has 0 fully saturated rings. The van der Waals surface area contributed by atoms with Gasteiger partial charge in [0.2, 0.25) is 0 Å². The zero-order chi connectivity index (χ0) is 15.0. The van der Waals surface area contributed by atoms with Crippen molar-refractivity contribution in [2.24, 2.45) is 0 Å². The Bertz CT molecular complexity index is 889. The van der Waals surface area contributed by atoms with Gasteiger partial charge in [0.1, 0.15) is 5.97 Å². The standard InChI is InChI=1S/C17H12O4/c1-10-6-8-11(9-7-10)14-12-4-2-3-5-13(12)17(20)21-15(14)16(18)19/h2-9H,1H3,(H,18,19)/p-1. The molecule has 0 aliphatic rings. The Morgan fingerprint density at radius 3 is 2.24 bits per heavy atom. The molecular formula is C17H11O4-. The quantitative estimate of drug-likeness (QED) is 0.720. The van der Waals surface area contributed by atoms with Crippen LogP contribution in [0, 0.1) is 6.92 Å². The molecule has 0 N–H and O–H groups in total. The third-order valence-corrected chi connectivity index (χ3v) is 3.36. The fourth-order valence-electron chi connectivity index (χ4n) is 2.35. The number of hydrogen-bond donors (Lipinski definition) is 0. The number of carbonyl (C=O) groups excluding carboxylic acids is 1. The molecular weight excluding hydrogens is 268 g/mol. The SMILES string of the molecule is Cc1ccc(-c2c(C(=O)[O-])oc(=O)c3ccccc23)cc1. The molecule has 21 heavy (non-hydrogen) atoms. The van der Waals surface area contributed by atoms with E-state index in [1.165, 1.54) is 0 Å². The lowest BCUT2D eigenvalue weighted by Gasteiger charge is -2.12. The van der Waals surface area contributed by atoms with Crippen molar-refractivity contribution in [2.75, 3.05) is 0 Å². The van der Waals surface area contributed by atoms with Crippen molar-refractivity contribution >= 4 is 16.7 Å². The number of benzene rings is 2. The van der Waals surface area contributed by atoms with Crippen molar-refractivity contribution in [3.63, 3.8) is 0 Å². The highest BCUT2D eigenvalue weighted by Gasteiger charge is 2.15. The van der Waals surface area contributed by atoms with Crippen LogP contribution in [0.15, 0.2) is 57.7 Å². The van der Waals surface area contributed by atoms with Crippen LogP contribution < -0.4 is 10.7 Å². The molecule has 0 saturated heterocycles. The van der Waals surface area contributed by atoms with Crippen LogP contribution in [0.25, 0.3) is 21.9 Å². The summed E-state index contributed by atoms with van der Waals surface area (Å²) in [7, 11) is 0. The van der Waals surface area contributed by atoms with Crippen molar-refractivity contribution in [3.05, 3.63) is 70.3 Å². The maximum Gasteiger partial charge on any atom is 0.344 e. The molecule has 0 aliphatic heterocycles.